The van der Waals surface area contributed by atoms with Crippen LogP contribution in [0.2, 0.25) is 0 Å². The van der Waals surface area contributed by atoms with Crippen LogP contribution in [0.3, 0.4) is 0 Å². The van der Waals surface area contributed by atoms with Crippen LogP contribution in [0.15, 0.2) is 40.7 Å². The van der Waals surface area contributed by atoms with Gasteiger partial charge < -0.3 is 19.5 Å². The fourth-order valence-corrected chi connectivity index (χ4v) is 3.58. The van der Waals surface area contributed by atoms with Crippen LogP contribution in [-0.2, 0) is 23.8 Å². The van der Waals surface area contributed by atoms with E-state index in [1.54, 1.807) is 6.92 Å². The maximum atomic E-state index is 14.8. The van der Waals surface area contributed by atoms with Gasteiger partial charge in [0.15, 0.2) is 0 Å². The predicted octanol–water partition coefficient (Wildman–Crippen LogP) is 3.36. The molecule has 0 bridgehead atoms. The van der Waals surface area contributed by atoms with Crippen LogP contribution in [0.4, 0.5) is 4.39 Å². The van der Waals surface area contributed by atoms with Crippen molar-refractivity contribution in [1.82, 2.24) is 5.32 Å². The summed E-state index contributed by atoms with van der Waals surface area (Å²) in [5, 5.41) is 3.12. The Kier molecular flexibility index (Phi) is 7.74. The number of allylic oxidation sites excluding steroid dienone is 2. The summed E-state index contributed by atoms with van der Waals surface area (Å²) >= 11 is 0. The molecular formula is C22H26FNO6. The van der Waals surface area contributed by atoms with E-state index in [1.165, 1.54) is 26.4 Å². The van der Waals surface area contributed by atoms with E-state index in [9.17, 15) is 18.8 Å². The Morgan fingerprint density at radius 2 is 1.47 bits per heavy atom. The maximum Gasteiger partial charge on any atom is 0.341 e. The molecule has 1 N–H and O–H groups in total. The van der Waals surface area contributed by atoms with E-state index in [-0.39, 0.29) is 28.9 Å². The molecule has 0 aromatic heterocycles. The molecule has 1 aliphatic heterocycles. The largest absolute Gasteiger partial charge is 0.466 e. The van der Waals surface area contributed by atoms with Crippen LogP contribution < -0.4 is 5.32 Å². The fraction of sp³-hybridized carbons (Fsp3) is 0.409. The van der Waals surface area contributed by atoms with Crippen LogP contribution in [0.5, 0.6) is 0 Å². The molecule has 0 aliphatic carbocycles. The standard InChI is InChI=1S/C22H26FNO6/c1-6-14-18(20(25)28-4)17(19(21(26)29-5)15(7-2)24-14)12-10-9-11-13(23)16(12)22(27)30-8-3/h9-11,17,24H,6-8H2,1-5H3. The average Bonchev–Trinajstić information content (AvgIpc) is 2.76. The maximum absolute atomic E-state index is 14.8. The van der Waals surface area contributed by atoms with E-state index < -0.39 is 29.6 Å². The molecule has 30 heavy (non-hydrogen) atoms. The van der Waals surface area contributed by atoms with E-state index in [4.69, 9.17) is 14.2 Å². The van der Waals surface area contributed by atoms with Gasteiger partial charge in [-0.1, -0.05) is 26.0 Å². The topological polar surface area (TPSA) is 90.9 Å². The van der Waals surface area contributed by atoms with Gasteiger partial charge in [-0.15, -0.1) is 0 Å². The van der Waals surface area contributed by atoms with Crippen molar-refractivity contribution < 1.29 is 33.0 Å². The van der Waals surface area contributed by atoms with Crippen LogP contribution in [0.1, 0.15) is 55.5 Å². The van der Waals surface area contributed by atoms with Gasteiger partial charge in [-0.2, -0.15) is 0 Å². The molecule has 0 fully saturated rings. The summed E-state index contributed by atoms with van der Waals surface area (Å²) in [6.45, 7) is 5.30. The van der Waals surface area contributed by atoms with Gasteiger partial charge in [0.25, 0.3) is 0 Å². The summed E-state index contributed by atoms with van der Waals surface area (Å²) in [5.41, 5.74) is 1.08. The summed E-state index contributed by atoms with van der Waals surface area (Å²) < 4.78 is 29.7. The quantitative estimate of drug-likeness (QED) is 0.535. The number of carbonyl (C=O) groups excluding carboxylic acids is 3. The molecule has 1 aromatic carbocycles. The van der Waals surface area contributed by atoms with Gasteiger partial charge >= 0.3 is 17.9 Å². The van der Waals surface area contributed by atoms with E-state index in [1.807, 2.05) is 13.8 Å². The van der Waals surface area contributed by atoms with E-state index in [0.29, 0.717) is 24.2 Å². The molecule has 0 saturated carbocycles. The Balaban J connectivity index is 2.92. The van der Waals surface area contributed by atoms with E-state index >= 15 is 0 Å². The fourth-order valence-electron chi connectivity index (χ4n) is 3.58. The van der Waals surface area contributed by atoms with Crippen molar-refractivity contribution in [3.63, 3.8) is 0 Å². The number of benzene rings is 1. The molecule has 2 rings (SSSR count). The number of halogens is 1. The molecule has 1 heterocycles. The molecule has 162 valence electrons. The number of ether oxygens (including phenoxy) is 3. The molecule has 0 spiro atoms. The number of dihydropyridines is 1. The summed E-state index contributed by atoms with van der Waals surface area (Å²) in [6, 6.07) is 4.04. The highest BCUT2D eigenvalue weighted by Crippen LogP contribution is 2.42. The predicted molar refractivity (Wildman–Crippen MR) is 107 cm³/mol. The number of hydrogen-bond donors (Lipinski definition) is 1. The first-order chi connectivity index (χ1) is 14.4. The van der Waals surface area contributed by atoms with E-state index in [2.05, 4.69) is 5.32 Å². The van der Waals surface area contributed by atoms with Gasteiger partial charge in [0, 0.05) is 11.4 Å². The van der Waals surface area contributed by atoms with Gasteiger partial charge in [0.05, 0.1) is 43.5 Å². The van der Waals surface area contributed by atoms with Crippen molar-refractivity contribution in [1.29, 1.82) is 0 Å². The number of methoxy groups -OCH3 is 2. The Hall–Kier alpha value is -3.16. The van der Waals surface area contributed by atoms with Gasteiger partial charge in [-0.05, 0) is 31.4 Å². The molecule has 7 nitrogen and oxygen atoms in total. The normalized spacial score (nSPS) is 14.3. The van der Waals surface area contributed by atoms with Crippen molar-refractivity contribution in [3.05, 3.63) is 57.7 Å². The minimum absolute atomic E-state index is 0.0403. The van der Waals surface area contributed by atoms with Crippen LogP contribution in [0, 0.1) is 5.82 Å². The lowest BCUT2D eigenvalue weighted by Gasteiger charge is -2.32. The zero-order chi connectivity index (χ0) is 22.4. The first kappa shape index (κ1) is 23.1. The first-order valence-electron chi connectivity index (χ1n) is 9.71. The molecular weight excluding hydrogens is 393 g/mol. The Bertz CT molecular complexity index is 878. The monoisotopic (exact) mass is 419 g/mol. The minimum atomic E-state index is -1.06. The summed E-state index contributed by atoms with van der Waals surface area (Å²) in [5.74, 6) is -4.14. The van der Waals surface area contributed by atoms with Crippen molar-refractivity contribution in [2.45, 2.75) is 39.5 Å². The average molecular weight is 419 g/mol. The van der Waals surface area contributed by atoms with Gasteiger partial charge in [0.1, 0.15) is 5.82 Å². The highest BCUT2D eigenvalue weighted by atomic mass is 19.1. The zero-order valence-corrected chi connectivity index (χ0v) is 17.8. The number of rotatable bonds is 7. The number of hydrogen-bond acceptors (Lipinski definition) is 7. The van der Waals surface area contributed by atoms with Crippen molar-refractivity contribution in [2.75, 3.05) is 20.8 Å². The second kappa shape index (κ2) is 10.0. The van der Waals surface area contributed by atoms with Crippen molar-refractivity contribution in [3.8, 4) is 0 Å². The molecule has 0 amide bonds. The molecule has 1 aliphatic rings. The third kappa shape index (κ3) is 4.22. The third-order valence-electron chi connectivity index (χ3n) is 4.88. The molecule has 1 aromatic rings. The van der Waals surface area contributed by atoms with Crippen LogP contribution >= 0.6 is 0 Å². The molecule has 0 atom stereocenters. The molecule has 0 radical (unpaired) electrons. The lowest BCUT2D eigenvalue weighted by molar-refractivity contribution is -0.137. The highest BCUT2D eigenvalue weighted by molar-refractivity contribution is 6.01. The Morgan fingerprint density at radius 1 is 0.933 bits per heavy atom. The molecule has 8 heteroatoms. The second-order valence-corrected chi connectivity index (χ2v) is 6.46. The first-order valence-corrected chi connectivity index (χ1v) is 9.71. The summed E-state index contributed by atoms with van der Waals surface area (Å²) in [4.78, 5) is 38.1. The van der Waals surface area contributed by atoms with Gasteiger partial charge in [0.2, 0.25) is 0 Å². The lowest BCUT2D eigenvalue weighted by atomic mass is 9.77. The van der Waals surface area contributed by atoms with Crippen molar-refractivity contribution in [2.24, 2.45) is 0 Å². The Morgan fingerprint density at radius 3 is 1.90 bits per heavy atom. The molecule has 0 saturated heterocycles. The van der Waals surface area contributed by atoms with Gasteiger partial charge in [-0.25, -0.2) is 18.8 Å². The third-order valence-corrected chi connectivity index (χ3v) is 4.88. The second-order valence-electron chi connectivity index (χ2n) is 6.46. The molecule has 0 unspecified atom stereocenters. The van der Waals surface area contributed by atoms with Gasteiger partial charge in [-0.3, -0.25) is 0 Å². The minimum Gasteiger partial charge on any atom is -0.466 e. The highest BCUT2D eigenvalue weighted by Gasteiger charge is 2.41. The lowest BCUT2D eigenvalue weighted by Crippen LogP contribution is -2.34. The number of esters is 3. The smallest absolute Gasteiger partial charge is 0.341 e. The summed E-state index contributed by atoms with van der Waals surface area (Å²) in [7, 11) is 2.43. The van der Waals surface area contributed by atoms with E-state index in [0.717, 1.165) is 6.07 Å². The van der Waals surface area contributed by atoms with Crippen molar-refractivity contribution >= 4 is 17.9 Å². The summed E-state index contributed by atoms with van der Waals surface area (Å²) in [6.07, 6.45) is 0.839. The zero-order valence-electron chi connectivity index (χ0n) is 17.8. The SMILES string of the molecule is CCOC(=O)c1c(F)cccc1C1C(C(=O)OC)=C(CC)NC(CC)=C1C(=O)OC. The number of nitrogens with one attached hydrogen (secondary N) is 1. The van der Waals surface area contributed by atoms with Crippen LogP contribution in [0.25, 0.3) is 0 Å². The number of carbonyl (C=O) groups is 3. The Labute approximate surface area is 174 Å². The van der Waals surface area contributed by atoms with Crippen LogP contribution in [-0.4, -0.2) is 38.7 Å².